The minimum atomic E-state index is -0.126. The molecule has 6 nitrogen and oxygen atoms in total. The van der Waals surface area contributed by atoms with E-state index in [1.54, 1.807) is 12.1 Å². The van der Waals surface area contributed by atoms with Gasteiger partial charge in [-0.25, -0.2) is 4.98 Å². The highest BCUT2D eigenvalue weighted by molar-refractivity contribution is 5.94. The highest BCUT2D eigenvalue weighted by Crippen LogP contribution is 2.17. The minimum Gasteiger partial charge on any atom is -0.352 e. The molecule has 0 saturated heterocycles. The third-order valence-corrected chi connectivity index (χ3v) is 4.76. The summed E-state index contributed by atoms with van der Waals surface area (Å²) in [7, 11) is 0. The van der Waals surface area contributed by atoms with Crippen molar-refractivity contribution in [1.29, 1.82) is 0 Å². The fraction of sp³-hybridized carbons (Fsp3) is 0.125. The van der Waals surface area contributed by atoms with E-state index in [0.29, 0.717) is 18.5 Å². The van der Waals surface area contributed by atoms with Gasteiger partial charge in [-0.2, -0.15) is 0 Å². The van der Waals surface area contributed by atoms with E-state index in [1.165, 1.54) is 0 Å². The Morgan fingerprint density at radius 2 is 1.50 bits per heavy atom. The molecular weight excluding hydrogens is 376 g/mol. The van der Waals surface area contributed by atoms with Gasteiger partial charge in [0.1, 0.15) is 12.4 Å². The molecule has 0 saturated carbocycles. The molecule has 0 unspecified atom stereocenters. The molecular formula is C24H22N4O2. The Morgan fingerprint density at radius 1 is 0.833 bits per heavy atom. The van der Waals surface area contributed by atoms with Crippen molar-refractivity contribution in [3.8, 4) is 0 Å². The van der Waals surface area contributed by atoms with Crippen molar-refractivity contribution < 1.29 is 9.59 Å². The van der Waals surface area contributed by atoms with Gasteiger partial charge in [-0.3, -0.25) is 9.59 Å². The van der Waals surface area contributed by atoms with E-state index < -0.39 is 0 Å². The van der Waals surface area contributed by atoms with E-state index in [2.05, 4.69) is 15.6 Å². The van der Waals surface area contributed by atoms with Crippen molar-refractivity contribution in [1.82, 2.24) is 14.9 Å². The molecule has 0 radical (unpaired) electrons. The molecule has 0 aliphatic heterocycles. The molecule has 0 bridgehead atoms. The van der Waals surface area contributed by atoms with E-state index in [0.717, 1.165) is 22.5 Å². The Morgan fingerprint density at radius 3 is 2.27 bits per heavy atom. The largest absolute Gasteiger partial charge is 0.352 e. The number of carbonyl (C=O) groups excluding carboxylic acids is 2. The van der Waals surface area contributed by atoms with Crippen LogP contribution in [-0.4, -0.2) is 27.9 Å². The first-order valence-electron chi connectivity index (χ1n) is 9.83. The molecule has 1 heterocycles. The maximum atomic E-state index is 12.6. The lowest BCUT2D eigenvalue weighted by Gasteiger charge is -2.11. The number of nitrogens with one attached hydrogen (secondary N) is 2. The SMILES string of the molecule is O=C(Cn1c(CCNC(=O)c2ccccc2)nc2ccccc21)Nc1ccccc1. The Bertz CT molecular complexity index is 1150. The fourth-order valence-electron chi connectivity index (χ4n) is 3.34. The van der Waals surface area contributed by atoms with Gasteiger partial charge in [-0.15, -0.1) is 0 Å². The Kier molecular flexibility index (Phi) is 5.85. The van der Waals surface area contributed by atoms with Crippen LogP contribution in [0.15, 0.2) is 84.9 Å². The van der Waals surface area contributed by atoms with E-state index in [1.807, 2.05) is 77.4 Å². The lowest BCUT2D eigenvalue weighted by Crippen LogP contribution is -2.27. The van der Waals surface area contributed by atoms with Crippen LogP contribution in [0.4, 0.5) is 5.69 Å². The Labute approximate surface area is 174 Å². The number of hydrogen-bond acceptors (Lipinski definition) is 3. The number of fused-ring (bicyclic) bond motifs is 1. The predicted octanol–water partition coefficient (Wildman–Crippen LogP) is 3.65. The van der Waals surface area contributed by atoms with Gasteiger partial charge in [0.05, 0.1) is 11.0 Å². The van der Waals surface area contributed by atoms with Crippen LogP contribution in [0.2, 0.25) is 0 Å². The summed E-state index contributed by atoms with van der Waals surface area (Å²) in [5, 5.41) is 5.83. The van der Waals surface area contributed by atoms with Crippen LogP contribution < -0.4 is 10.6 Å². The summed E-state index contributed by atoms with van der Waals surface area (Å²) < 4.78 is 1.91. The van der Waals surface area contributed by atoms with Crippen LogP contribution in [0, 0.1) is 0 Å². The summed E-state index contributed by atoms with van der Waals surface area (Å²) in [5.41, 5.74) is 3.09. The van der Waals surface area contributed by atoms with Gasteiger partial charge < -0.3 is 15.2 Å². The number of nitrogens with zero attached hydrogens (tertiary/aromatic N) is 2. The number of hydrogen-bond donors (Lipinski definition) is 2. The highest BCUT2D eigenvalue weighted by atomic mass is 16.2. The number of anilines is 1. The van der Waals surface area contributed by atoms with Crippen LogP contribution in [0.3, 0.4) is 0 Å². The van der Waals surface area contributed by atoms with E-state index in [9.17, 15) is 9.59 Å². The third-order valence-electron chi connectivity index (χ3n) is 4.76. The molecule has 2 amide bonds. The molecule has 0 atom stereocenters. The minimum absolute atomic E-state index is 0.125. The number of benzene rings is 3. The van der Waals surface area contributed by atoms with Gasteiger partial charge in [0.2, 0.25) is 5.91 Å². The summed E-state index contributed by atoms with van der Waals surface area (Å²) in [5.74, 6) is 0.506. The van der Waals surface area contributed by atoms with Gasteiger partial charge in [0.25, 0.3) is 5.91 Å². The van der Waals surface area contributed by atoms with Crippen LogP contribution in [0.1, 0.15) is 16.2 Å². The normalized spacial score (nSPS) is 10.7. The van der Waals surface area contributed by atoms with Crippen molar-refractivity contribution in [3.05, 3.63) is 96.3 Å². The highest BCUT2D eigenvalue weighted by Gasteiger charge is 2.14. The second-order valence-corrected chi connectivity index (χ2v) is 6.89. The summed E-state index contributed by atoms with van der Waals surface area (Å²) in [4.78, 5) is 29.6. The monoisotopic (exact) mass is 398 g/mol. The topological polar surface area (TPSA) is 76.0 Å². The lowest BCUT2D eigenvalue weighted by molar-refractivity contribution is -0.116. The number of amides is 2. The number of imidazole rings is 1. The van der Waals surface area contributed by atoms with Crippen molar-refractivity contribution >= 4 is 28.5 Å². The molecule has 150 valence electrons. The average Bonchev–Trinajstić information content (AvgIpc) is 3.12. The van der Waals surface area contributed by atoms with E-state index in [-0.39, 0.29) is 18.4 Å². The zero-order valence-electron chi connectivity index (χ0n) is 16.4. The second kappa shape index (κ2) is 9.05. The third kappa shape index (κ3) is 4.55. The molecule has 2 N–H and O–H groups in total. The molecule has 1 aromatic heterocycles. The lowest BCUT2D eigenvalue weighted by atomic mass is 10.2. The molecule has 0 aliphatic rings. The summed E-state index contributed by atoms with van der Waals surface area (Å²) >= 11 is 0. The summed E-state index contributed by atoms with van der Waals surface area (Å²) in [6, 6.07) is 26.2. The molecule has 0 spiro atoms. The molecule has 0 fully saturated rings. The Balaban J connectivity index is 1.47. The molecule has 0 aliphatic carbocycles. The van der Waals surface area contributed by atoms with Crippen molar-refractivity contribution in [2.75, 3.05) is 11.9 Å². The van der Waals surface area contributed by atoms with E-state index >= 15 is 0 Å². The van der Waals surface area contributed by atoms with Crippen LogP contribution in [-0.2, 0) is 17.8 Å². The zero-order chi connectivity index (χ0) is 20.8. The van der Waals surface area contributed by atoms with Crippen molar-refractivity contribution in [3.63, 3.8) is 0 Å². The van der Waals surface area contributed by atoms with Gasteiger partial charge in [0, 0.05) is 24.2 Å². The molecule has 4 aromatic rings. The van der Waals surface area contributed by atoms with Crippen LogP contribution >= 0.6 is 0 Å². The first-order valence-corrected chi connectivity index (χ1v) is 9.83. The quantitative estimate of drug-likeness (QED) is 0.499. The standard InChI is InChI=1S/C24H22N4O2/c29-23(26-19-11-5-2-6-12-19)17-28-21-14-8-7-13-20(21)27-22(28)15-16-25-24(30)18-9-3-1-4-10-18/h1-14H,15-17H2,(H,25,30)(H,26,29). The van der Waals surface area contributed by atoms with Gasteiger partial charge in [-0.1, -0.05) is 48.5 Å². The predicted molar refractivity (Wildman–Crippen MR) is 117 cm³/mol. The van der Waals surface area contributed by atoms with Gasteiger partial charge >= 0.3 is 0 Å². The summed E-state index contributed by atoms with van der Waals surface area (Å²) in [6.07, 6.45) is 0.520. The molecule has 30 heavy (non-hydrogen) atoms. The van der Waals surface area contributed by atoms with Crippen LogP contribution in [0.25, 0.3) is 11.0 Å². The average molecular weight is 398 g/mol. The molecule has 4 rings (SSSR count). The molecule has 6 heteroatoms. The smallest absolute Gasteiger partial charge is 0.251 e. The zero-order valence-corrected chi connectivity index (χ0v) is 16.4. The molecule has 3 aromatic carbocycles. The van der Waals surface area contributed by atoms with Crippen LogP contribution in [0.5, 0.6) is 0 Å². The van der Waals surface area contributed by atoms with Crippen molar-refractivity contribution in [2.24, 2.45) is 0 Å². The number of aromatic nitrogens is 2. The van der Waals surface area contributed by atoms with Crippen molar-refractivity contribution in [2.45, 2.75) is 13.0 Å². The van der Waals surface area contributed by atoms with Gasteiger partial charge in [-0.05, 0) is 36.4 Å². The fourth-order valence-corrected chi connectivity index (χ4v) is 3.34. The maximum absolute atomic E-state index is 12.6. The van der Waals surface area contributed by atoms with Gasteiger partial charge in [0.15, 0.2) is 0 Å². The number of para-hydroxylation sites is 3. The Hall–Kier alpha value is -3.93. The number of rotatable bonds is 7. The van der Waals surface area contributed by atoms with E-state index in [4.69, 9.17) is 0 Å². The maximum Gasteiger partial charge on any atom is 0.251 e. The summed E-state index contributed by atoms with van der Waals surface area (Å²) in [6.45, 7) is 0.578. The first kappa shape index (κ1) is 19.4. The number of carbonyl (C=O) groups is 2. The first-order chi connectivity index (χ1) is 14.7. The second-order valence-electron chi connectivity index (χ2n) is 6.89.